The molecule has 78 valence electrons. The number of tetrazole rings is 1. The first-order valence-corrected chi connectivity index (χ1v) is 4.86. The van der Waals surface area contributed by atoms with Gasteiger partial charge < -0.3 is 0 Å². The average Bonchev–Trinajstić information content (AvgIpc) is 2.64. The molecule has 0 atom stereocenters. The highest BCUT2D eigenvalue weighted by Crippen LogP contribution is 2.19. The molecule has 15 heavy (non-hydrogen) atoms. The van der Waals surface area contributed by atoms with Crippen LogP contribution >= 0.6 is 0 Å². The van der Waals surface area contributed by atoms with E-state index < -0.39 is 0 Å². The van der Waals surface area contributed by atoms with Crippen molar-refractivity contribution < 1.29 is 0 Å². The Kier molecular flexibility index (Phi) is 2.45. The summed E-state index contributed by atoms with van der Waals surface area (Å²) in [5.74, 6) is 1.20. The molecule has 0 unspecified atom stereocenters. The van der Waals surface area contributed by atoms with Crippen LogP contribution in [-0.4, -0.2) is 25.2 Å². The summed E-state index contributed by atoms with van der Waals surface area (Å²) in [6.45, 7) is 4.27. The van der Waals surface area contributed by atoms with Crippen LogP contribution in [0.15, 0.2) is 18.5 Å². The maximum absolute atomic E-state index is 4.19. The first kappa shape index (κ1) is 9.76. The van der Waals surface area contributed by atoms with Gasteiger partial charge in [0.2, 0.25) is 0 Å². The van der Waals surface area contributed by atoms with Crippen LogP contribution in [0.2, 0.25) is 0 Å². The molecule has 2 heterocycles. The Morgan fingerprint density at radius 2 is 2.07 bits per heavy atom. The van der Waals surface area contributed by atoms with Gasteiger partial charge >= 0.3 is 0 Å². The zero-order valence-electron chi connectivity index (χ0n) is 9.05. The van der Waals surface area contributed by atoms with Crippen molar-refractivity contribution in [2.45, 2.75) is 19.8 Å². The highest BCUT2D eigenvalue weighted by molar-refractivity contribution is 5.54. The lowest BCUT2D eigenvalue weighted by Crippen LogP contribution is -1.96. The van der Waals surface area contributed by atoms with E-state index in [-0.39, 0.29) is 0 Å². The van der Waals surface area contributed by atoms with Gasteiger partial charge in [-0.2, -0.15) is 0 Å². The van der Waals surface area contributed by atoms with Gasteiger partial charge in [-0.05, 0) is 28.0 Å². The number of hydrogen-bond donors (Lipinski definition) is 0. The van der Waals surface area contributed by atoms with Gasteiger partial charge in [0, 0.05) is 25.0 Å². The number of rotatable bonds is 2. The fourth-order valence-corrected chi connectivity index (χ4v) is 1.37. The third kappa shape index (κ3) is 1.86. The van der Waals surface area contributed by atoms with Crippen molar-refractivity contribution in [3.05, 3.63) is 24.0 Å². The minimum Gasteiger partial charge on any atom is -0.264 e. The number of hydrogen-bond acceptors (Lipinski definition) is 4. The lowest BCUT2D eigenvalue weighted by molar-refractivity contribution is 0.714. The molecule has 2 rings (SSSR count). The standard InChI is InChI=1S/C10H13N5/c1-7(2)8-4-9(6-11-5-8)10-12-13-14-15(10)3/h4-7H,1-3H3. The van der Waals surface area contributed by atoms with Crippen molar-refractivity contribution in [2.24, 2.45) is 7.05 Å². The number of nitrogens with zero attached hydrogens (tertiary/aromatic N) is 5. The topological polar surface area (TPSA) is 56.5 Å². The third-order valence-electron chi connectivity index (χ3n) is 2.30. The maximum atomic E-state index is 4.19. The molecule has 0 bridgehead atoms. The zero-order chi connectivity index (χ0) is 10.8. The lowest BCUT2D eigenvalue weighted by Gasteiger charge is -2.05. The largest absolute Gasteiger partial charge is 0.264 e. The molecule has 0 aliphatic carbocycles. The number of aromatic nitrogens is 5. The molecular weight excluding hydrogens is 190 g/mol. The molecule has 2 aromatic rings. The monoisotopic (exact) mass is 203 g/mol. The molecule has 0 aliphatic rings. The second kappa shape index (κ2) is 3.76. The Hall–Kier alpha value is -1.78. The SMILES string of the molecule is CC(C)c1cncc(-c2nnnn2C)c1. The average molecular weight is 203 g/mol. The van der Waals surface area contributed by atoms with E-state index in [1.165, 1.54) is 5.56 Å². The Labute approximate surface area is 88.2 Å². The van der Waals surface area contributed by atoms with E-state index in [9.17, 15) is 0 Å². The van der Waals surface area contributed by atoms with E-state index in [1.54, 1.807) is 10.9 Å². The van der Waals surface area contributed by atoms with E-state index in [4.69, 9.17) is 0 Å². The third-order valence-corrected chi connectivity index (χ3v) is 2.30. The van der Waals surface area contributed by atoms with Crippen molar-refractivity contribution in [2.75, 3.05) is 0 Å². The first-order chi connectivity index (χ1) is 7.18. The van der Waals surface area contributed by atoms with E-state index in [1.807, 2.05) is 13.2 Å². The summed E-state index contributed by atoms with van der Waals surface area (Å²) in [6, 6.07) is 2.07. The van der Waals surface area contributed by atoms with Crippen LogP contribution in [0.25, 0.3) is 11.4 Å². The Balaban J connectivity index is 2.46. The van der Waals surface area contributed by atoms with Gasteiger partial charge in [0.25, 0.3) is 0 Å². The molecule has 0 spiro atoms. The molecule has 5 heteroatoms. The highest BCUT2D eigenvalue weighted by atomic mass is 15.5. The predicted molar refractivity (Wildman–Crippen MR) is 56.1 cm³/mol. The maximum Gasteiger partial charge on any atom is 0.183 e. The molecule has 0 saturated heterocycles. The van der Waals surface area contributed by atoms with Crippen LogP contribution in [0.3, 0.4) is 0 Å². The molecule has 5 nitrogen and oxygen atoms in total. The normalized spacial score (nSPS) is 10.9. The molecule has 0 saturated carbocycles. The minimum absolute atomic E-state index is 0.457. The zero-order valence-corrected chi connectivity index (χ0v) is 9.05. The van der Waals surface area contributed by atoms with Crippen LogP contribution < -0.4 is 0 Å². The first-order valence-electron chi connectivity index (χ1n) is 4.86. The van der Waals surface area contributed by atoms with Gasteiger partial charge in [-0.15, -0.1) is 5.10 Å². The van der Waals surface area contributed by atoms with Crippen molar-refractivity contribution in [3.8, 4) is 11.4 Å². The van der Waals surface area contributed by atoms with Gasteiger partial charge in [-0.1, -0.05) is 13.8 Å². The van der Waals surface area contributed by atoms with Crippen molar-refractivity contribution in [1.82, 2.24) is 25.2 Å². The van der Waals surface area contributed by atoms with E-state index in [0.29, 0.717) is 5.92 Å². The van der Waals surface area contributed by atoms with Crippen LogP contribution in [0.5, 0.6) is 0 Å². The van der Waals surface area contributed by atoms with E-state index in [0.717, 1.165) is 11.4 Å². The highest BCUT2D eigenvalue weighted by Gasteiger charge is 2.08. The molecule has 0 amide bonds. The van der Waals surface area contributed by atoms with Crippen molar-refractivity contribution in [3.63, 3.8) is 0 Å². The molecule has 0 N–H and O–H groups in total. The van der Waals surface area contributed by atoms with E-state index in [2.05, 4.69) is 40.4 Å². The second-order valence-corrected chi connectivity index (χ2v) is 3.79. The van der Waals surface area contributed by atoms with Gasteiger partial charge in [0.15, 0.2) is 5.82 Å². The molecule has 0 fully saturated rings. The summed E-state index contributed by atoms with van der Waals surface area (Å²) in [5, 5.41) is 11.4. The van der Waals surface area contributed by atoms with Crippen molar-refractivity contribution in [1.29, 1.82) is 0 Å². The van der Waals surface area contributed by atoms with Gasteiger partial charge in [0.1, 0.15) is 0 Å². The Morgan fingerprint density at radius 3 is 2.67 bits per heavy atom. The predicted octanol–water partition coefficient (Wildman–Crippen LogP) is 1.40. The smallest absolute Gasteiger partial charge is 0.183 e. The summed E-state index contributed by atoms with van der Waals surface area (Å²) in [7, 11) is 1.82. The molecule has 0 aliphatic heterocycles. The van der Waals surface area contributed by atoms with Crippen molar-refractivity contribution >= 4 is 0 Å². The van der Waals surface area contributed by atoms with Gasteiger partial charge in [-0.25, -0.2) is 4.68 Å². The van der Waals surface area contributed by atoms with Gasteiger partial charge in [-0.3, -0.25) is 4.98 Å². The van der Waals surface area contributed by atoms with Crippen LogP contribution in [0, 0.1) is 0 Å². The quantitative estimate of drug-likeness (QED) is 0.740. The summed E-state index contributed by atoms with van der Waals surface area (Å²) < 4.78 is 1.64. The fourth-order valence-electron chi connectivity index (χ4n) is 1.37. The summed E-state index contributed by atoms with van der Waals surface area (Å²) in [4.78, 5) is 4.19. The number of pyridine rings is 1. The van der Waals surface area contributed by atoms with Crippen LogP contribution in [0.4, 0.5) is 0 Å². The summed E-state index contributed by atoms with van der Waals surface area (Å²) in [6.07, 6.45) is 3.65. The Bertz CT molecular complexity index is 460. The fraction of sp³-hybridized carbons (Fsp3) is 0.400. The second-order valence-electron chi connectivity index (χ2n) is 3.79. The van der Waals surface area contributed by atoms with Gasteiger partial charge in [0.05, 0.1) is 0 Å². The summed E-state index contributed by atoms with van der Waals surface area (Å²) >= 11 is 0. The molecule has 0 radical (unpaired) electrons. The molecule has 2 aromatic heterocycles. The lowest BCUT2D eigenvalue weighted by atomic mass is 10.0. The number of aryl methyl sites for hydroxylation is 1. The van der Waals surface area contributed by atoms with Crippen LogP contribution in [-0.2, 0) is 7.05 Å². The van der Waals surface area contributed by atoms with E-state index >= 15 is 0 Å². The molecule has 0 aromatic carbocycles. The Morgan fingerprint density at radius 1 is 1.27 bits per heavy atom. The van der Waals surface area contributed by atoms with Crippen LogP contribution in [0.1, 0.15) is 25.3 Å². The minimum atomic E-state index is 0.457. The molecular formula is C10H13N5. The summed E-state index contributed by atoms with van der Waals surface area (Å²) in [5.41, 5.74) is 2.14.